The lowest BCUT2D eigenvalue weighted by atomic mass is 10.2. The van der Waals surface area contributed by atoms with E-state index in [9.17, 15) is 0 Å². The number of H-pyrrole nitrogens is 1. The van der Waals surface area contributed by atoms with Crippen molar-refractivity contribution in [2.24, 2.45) is 0 Å². The summed E-state index contributed by atoms with van der Waals surface area (Å²) in [5.74, 6) is 1.31. The third-order valence-corrected chi connectivity index (χ3v) is 3.44. The number of nitrogens with two attached hydrogens (primary N) is 1. The van der Waals surface area contributed by atoms with E-state index >= 15 is 0 Å². The zero-order valence-corrected chi connectivity index (χ0v) is 11.0. The van der Waals surface area contributed by atoms with Crippen molar-refractivity contribution in [1.29, 1.82) is 0 Å². The van der Waals surface area contributed by atoms with Gasteiger partial charge in [-0.15, -0.1) is 0 Å². The van der Waals surface area contributed by atoms with Crippen molar-refractivity contribution in [3.63, 3.8) is 0 Å². The van der Waals surface area contributed by atoms with Gasteiger partial charge in [-0.1, -0.05) is 18.2 Å². The molecule has 0 spiro atoms. The largest absolute Gasteiger partial charge is 0.384 e. The van der Waals surface area contributed by atoms with Gasteiger partial charge in [0.15, 0.2) is 5.65 Å². The number of pyridine rings is 1. The summed E-state index contributed by atoms with van der Waals surface area (Å²) in [5, 5.41) is 0. The fraction of sp³-hybridized carbons (Fsp3) is 0. The first-order chi connectivity index (χ1) is 8.24. The van der Waals surface area contributed by atoms with E-state index in [0.717, 1.165) is 20.5 Å². The maximum atomic E-state index is 5.64. The molecule has 3 aromatic rings. The van der Waals surface area contributed by atoms with Crippen molar-refractivity contribution in [1.82, 2.24) is 15.0 Å². The number of hydrogen-bond acceptors (Lipinski definition) is 3. The first kappa shape index (κ1) is 10.5. The van der Waals surface area contributed by atoms with Gasteiger partial charge in [0, 0.05) is 9.13 Å². The van der Waals surface area contributed by atoms with Crippen LogP contribution in [0.15, 0.2) is 36.4 Å². The van der Waals surface area contributed by atoms with E-state index < -0.39 is 0 Å². The Hall–Kier alpha value is -1.63. The van der Waals surface area contributed by atoms with Gasteiger partial charge in [-0.05, 0) is 40.8 Å². The molecule has 0 aliphatic rings. The molecule has 0 unspecified atom stereocenters. The van der Waals surface area contributed by atoms with Gasteiger partial charge in [0.25, 0.3) is 0 Å². The topological polar surface area (TPSA) is 67.6 Å². The number of fused-ring (bicyclic) bond motifs is 1. The number of aromatic amines is 1. The zero-order valence-electron chi connectivity index (χ0n) is 8.81. The van der Waals surface area contributed by atoms with E-state index in [1.165, 1.54) is 0 Å². The standard InChI is InChI=1S/C12H9IN4/c13-8-4-2-1-3-7(8)11-15-9-5-6-10(14)16-12(9)17-11/h1-6H,(H3,14,15,16,17). The SMILES string of the molecule is Nc1ccc2[nH]c(-c3ccccc3I)nc2n1. The summed E-state index contributed by atoms with van der Waals surface area (Å²) in [4.78, 5) is 11.9. The van der Waals surface area contributed by atoms with Gasteiger partial charge in [-0.25, -0.2) is 9.97 Å². The number of rotatable bonds is 1. The summed E-state index contributed by atoms with van der Waals surface area (Å²) in [5.41, 5.74) is 8.26. The Morgan fingerprint density at radius 1 is 1.06 bits per heavy atom. The molecule has 84 valence electrons. The lowest BCUT2D eigenvalue weighted by molar-refractivity contribution is 1.30. The number of nitrogens with zero attached hydrogens (tertiary/aromatic N) is 2. The monoisotopic (exact) mass is 336 g/mol. The Labute approximate surface area is 111 Å². The molecule has 0 aliphatic heterocycles. The molecule has 0 saturated carbocycles. The second-order valence-electron chi connectivity index (χ2n) is 3.67. The fourth-order valence-corrected chi connectivity index (χ4v) is 2.33. The van der Waals surface area contributed by atoms with Gasteiger partial charge >= 0.3 is 0 Å². The molecule has 0 aliphatic carbocycles. The number of anilines is 1. The Kier molecular flexibility index (Phi) is 2.47. The molecule has 2 heterocycles. The highest BCUT2D eigenvalue weighted by molar-refractivity contribution is 14.1. The normalized spacial score (nSPS) is 10.9. The van der Waals surface area contributed by atoms with Crippen molar-refractivity contribution < 1.29 is 0 Å². The van der Waals surface area contributed by atoms with E-state index in [-0.39, 0.29) is 0 Å². The van der Waals surface area contributed by atoms with Gasteiger partial charge in [0.2, 0.25) is 0 Å². The summed E-state index contributed by atoms with van der Waals surface area (Å²) >= 11 is 2.29. The van der Waals surface area contributed by atoms with Crippen LogP contribution in [0.5, 0.6) is 0 Å². The number of halogens is 1. The van der Waals surface area contributed by atoms with Crippen LogP contribution >= 0.6 is 22.6 Å². The van der Waals surface area contributed by atoms with E-state index in [4.69, 9.17) is 5.73 Å². The second kappa shape index (κ2) is 3.99. The molecule has 0 saturated heterocycles. The molecule has 3 rings (SSSR count). The molecular weight excluding hydrogens is 327 g/mol. The van der Waals surface area contributed by atoms with Gasteiger partial charge in [-0.2, -0.15) is 0 Å². The van der Waals surface area contributed by atoms with Crippen LogP contribution in [0.25, 0.3) is 22.6 Å². The van der Waals surface area contributed by atoms with Crippen LogP contribution in [0.1, 0.15) is 0 Å². The summed E-state index contributed by atoms with van der Waals surface area (Å²) in [6, 6.07) is 11.7. The Balaban J connectivity index is 2.22. The van der Waals surface area contributed by atoms with Crippen molar-refractivity contribution in [3.8, 4) is 11.4 Å². The summed E-state index contributed by atoms with van der Waals surface area (Å²) in [7, 11) is 0. The number of nitrogen functional groups attached to an aromatic ring is 1. The van der Waals surface area contributed by atoms with Gasteiger partial charge in [0.1, 0.15) is 11.6 Å². The number of imidazole rings is 1. The maximum Gasteiger partial charge on any atom is 0.180 e. The van der Waals surface area contributed by atoms with Crippen molar-refractivity contribution in [2.45, 2.75) is 0 Å². The number of hydrogen-bond donors (Lipinski definition) is 2. The summed E-state index contributed by atoms with van der Waals surface area (Å²) in [6.45, 7) is 0. The molecule has 0 amide bonds. The fourth-order valence-electron chi connectivity index (χ4n) is 1.69. The molecule has 0 atom stereocenters. The highest BCUT2D eigenvalue weighted by Crippen LogP contribution is 2.24. The predicted molar refractivity (Wildman–Crippen MR) is 76.5 cm³/mol. The van der Waals surface area contributed by atoms with E-state index in [2.05, 4.69) is 37.5 Å². The third-order valence-electron chi connectivity index (χ3n) is 2.50. The predicted octanol–water partition coefficient (Wildman–Crippen LogP) is 2.81. The Morgan fingerprint density at radius 2 is 1.88 bits per heavy atom. The maximum absolute atomic E-state index is 5.64. The van der Waals surface area contributed by atoms with Crippen molar-refractivity contribution in [3.05, 3.63) is 40.0 Å². The molecular formula is C12H9IN4. The molecule has 4 nitrogen and oxygen atoms in total. The zero-order chi connectivity index (χ0) is 11.8. The third kappa shape index (κ3) is 1.86. The molecule has 1 aromatic carbocycles. The van der Waals surface area contributed by atoms with E-state index in [1.54, 1.807) is 6.07 Å². The molecule has 5 heteroatoms. The highest BCUT2D eigenvalue weighted by Gasteiger charge is 2.08. The molecule has 17 heavy (non-hydrogen) atoms. The van der Waals surface area contributed by atoms with Gasteiger partial charge in [0.05, 0.1) is 5.52 Å². The second-order valence-corrected chi connectivity index (χ2v) is 4.83. The van der Waals surface area contributed by atoms with Gasteiger partial charge < -0.3 is 10.7 Å². The highest BCUT2D eigenvalue weighted by atomic mass is 127. The molecule has 0 fully saturated rings. The Bertz CT molecular complexity index is 690. The summed E-state index contributed by atoms with van der Waals surface area (Å²) in [6.07, 6.45) is 0. The average molecular weight is 336 g/mol. The molecule has 2 aromatic heterocycles. The van der Waals surface area contributed by atoms with Crippen LogP contribution in [0.2, 0.25) is 0 Å². The Morgan fingerprint density at radius 3 is 2.71 bits per heavy atom. The quantitative estimate of drug-likeness (QED) is 0.672. The van der Waals surface area contributed by atoms with E-state index in [0.29, 0.717) is 11.5 Å². The van der Waals surface area contributed by atoms with Crippen molar-refractivity contribution >= 4 is 39.6 Å². The van der Waals surface area contributed by atoms with Crippen LogP contribution in [0.4, 0.5) is 5.82 Å². The molecule has 3 N–H and O–H groups in total. The van der Waals surface area contributed by atoms with Crippen LogP contribution in [0, 0.1) is 3.57 Å². The number of nitrogens with one attached hydrogen (secondary N) is 1. The molecule has 0 bridgehead atoms. The van der Waals surface area contributed by atoms with Gasteiger partial charge in [-0.3, -0.25) is 0 Å². The van der Waals surface area contributed by atoms with Crippen LogP contribution in [-0.2, 0) is 0 Å². The van der Waals surface area contributed by atoms with Crippen molar-refractivity contribution in [2.75, 3.05) is 5.73 Å². The van der Waals surface area contributed by atoms with Crippen LogP contribution < -0.4 is 5.73 Å². The smallest absolute Gasteiger partial charge is 0.180 e. The first-order valence-electron chi connectivity index (χ1n) is 5.11. The first-order valence-corrected chi connectivity index (χ1v) is 6.19. The minimum Gasteiger partial charge on any atom is -0.384 e. The van der Waals surface area contributed by atoms with Crippen LogP contribution in [0.3, 0.4) is 0 Å². The summed E-state index contributed by atoms with van der Waals surface area (Å²) < 4.78 is 1.15. The number of benzene rings is 1. The lowest BCUT2D eigenvalue weighted by Crippen LogP contribution is -1.88. The van der Waals surface area contributed by atoms with E-state index in [1.807, 2.05) is 30.3 Å². The van der Waals surface area contributed by atoms with Crippen LogP contribution in [-0.4, -0.2) is 15.0 Å². The minimum absolute atomic E-state index is 0.485. The molecule has 0 radical (unpaired) electrons. The lowest BCUT2D eigenvalue weighted by Gasteiger charge is -1.98. The average Bonchev–Trinajstić information content (AvgIpc) is 2.72. The minimum atomic E-state index is 0.485. The number of aromatic nitrogens is 3.